The molecule has 134 valence electrons. The van der Waals surface area contributed by atoms with E-state index in [4.69, 9.17) is 4.74 Å². The first-order valence-electron chi connectivity index (χ1n) is 8.96. The summed E-state index contributed by atoms with van der Waals surface area (Å²) in [6.45, 7) is 13.3. The van der Waals surface area contributed by atoms with E-state index in [9.17, 15) is 4.79 Å². The number of amides is 1. The van der Waals surface area contributed by atoms with Crippen molar-refractivity contribution in [3.8, 4) is 0 Å². The quantitative estimate of drug-likeness (QED) is 0.848. The van der Waals surface area contributed by atoms with Crippen molar-refractivity contribution >= 4 is 17.9 Å². The van der Waals surface area contributed by atoms with Crippen LogP contribution in [0.15, 0.2) is 0 Å². The van der Waals surface area contributed by atoms with E-state index in [-0.39, 0.29) is 6.09 Å². The molecule has 1 N–H and O–H groups in total. The predicted molar refractivity (Wildman–Crippen MR) is 98.0 cm³/mol. The van der Waals surface area contributed by atoms with Crippen molar-refractivity contribution in [3.63, 3.8) is 0 Å². The zero-order valence-corrected chi connectivity index (χ0v) is 16.3. The van der Waals surface area contributed by atoms with E-state index >= 15 is 0 Å². The molecular formula is C18H34N2O2S. The van der Waals surface area contributed by atoms with Crippen LogP contribution in [-0.2, 0) is 4.74 Å². The summed E-state index contributed by atoms with van der Waals surface area (Å²) in [4.78, 5) is 14.0. The van der Waals surface area contributed by atoms with Crippen molar-refractivity contribution in [1.82, 2.24) is 10.2 Å². The number of carbonyl (C=O) groups excluding carboxylic acids is 1. The number of nitrogens with zero attached hydrogens (tertiary/aromatic N) is 1. The van der Waals surface area contributed by atoms with Crippen molar-refractivity contribution < 1.29 is 9.53 Å². The summed E-state index contributed by atoms with van der Waals surface area (Å²) < 4.78 is 5.46. The van der Waals surface area contributed by atoms with E-state index in [1.807, 2.05) is 25.7 Å². The number of likely N-dealkylation sites (tertiary alicyclic amines) is 1. The lowest BCUT2D eigenvalue weighted by Crippen LogP contribution is -2.49. The normalized spacial score (nSPS) is 26.1. The van der Waals surface area contributed by atoms with E-state index in [1.54, 1.807) is 0 Å². The van der Waals surface area contributed by atoms with Gasteiger partial charge in [-0.2, -0.15) is 11.8 Å². The third kappa shape index (κ3) is 5.86. The maximum absolute atomic E-state index is 12.1. The average molecular weight is 343 g/mol. The first kappa shape index (κ1) is 18.9. The van der Waals surface area contributed by atoms with E-state index < -0.39 is 5.60 Å². The zero-order valence-electron chi connectivity index (χ0n) is 15.5. The fourth-order valence-electron chi connectivity index (χ4n) is 3.23. The lowest BCUT2D eigenvalue weighted by atomic mass is 9.82. The summed E-state index contributed by atoms with van der Waals surface area (Å²) >= 11 is 2.07. The van der Waals surface area contributed by atoms with Crippen LogP contribution in [0.5, 0.6) is 0 Å². The average Bonchev–Trinajstić information content (AvgIpc) is 2.44. The van der Waals surface area contributed by atoms with Crippen molar-refractivity contribution in [2.75, 3.05) is 31.1 Å². The molecule has 0 aromatic rings. The number of hydrogen-bond donors (Lipinski definition) is 1. The molecule has 0 radical (unpaired) electrons. The molecule has 1 unspecified atom stereocenters. The maximum Gasteiger partial charge on any atom is 0.410 e. The molecule has 2 aliphatic heterocycles. The highest BCUT2D eigenvalue weighted by molar-refractivity contribution is 7.99. The van der Waals surface area contributed by atoms with Crippen LogP contribution in [0, 0.1) is 11.3 Å². The van der Waals surface area contributed by atoms with Crippen LogP contribution in [-0.4, -0.2) is 53.8 Å². The Kier molecular flexibility index (Phi) is 6.28. The molecule has 0 bridgehead atoms. The topological polar surface area (TPSA) is 41.6 Å². The number of nitrogens with one attached hydrogen (secondary N) is 1. The van der Waals surface area contributed by atoms with E-state index in [1.165, 1.54) is 17.9 Å². The molecule has 1 atom stereocenters. The highest BCUT2D eigenvalue weighted by Gasteiger charge is 2.33. The third-order valence-corrected chi connectivity index (χ3v) is 6.10. The molecule has 2 fully saturated rings. The van der Waals surface area contributed by atoms with Gasteiger partial charge in [-0.05, 0) is 63.7 Å². The lowest BCUT2D eigenvalue weighted by Gasteiger charge is -2.40. The Labute approximate surface area is 146 Å². The molecule has 23 heavy (non-hydrogen) atoms. The molecule has 2 aliphatic rings. The van der Waals surface area contributed by atoms with E-state index in [0.717, 1.165) is 32.5 Å². The van der Waals surface area contributed by atoms with E-state index in [0.29, 0.717) is 17.4 Å². The number of hydrogen-bond acceptors (Lipinski definition) is 4. The van der Waals surface area contributed by atoms with Crippen molar-refractivity contribution in [1.29, 1.82) is 0 Å². The van der Waals surface area contributed by atoms with Crippen LogP contribution in [0.4, 0.5) is 4.79 Å². The van der Waals surface area contributed by atoms with Gasteiger partial charge in [-0.25, -0.2) is 4.79 Å². The fraction of sp³-hybridized carbons (Fsp3) is 0.944. The molecule has 0 aliphatic carbocycles. The first-order valence-corrected chi connectivity index (χ1v) is 10.1. The van der Waals surface area contributed by atoms with Gasteiger partial charge in [0, 0.05) is 24.9 Å². The molecule has 2 heterocycles. The number of rotatable bonds is 3. The minimum atomic E-state index is -0.403. The Morgan fingerprint density at radius 3 is 2.52 bits per heavy atom. The maximum atomic E-state index is 12.1. The summed E-state index contributed by atoms with van der Waals surface area (Å²) in [5.41, 5.74) is 0.00217. The second-order valence-corrected chi connectivity index (χ2v) is 9.83. The highest BCUT2D eigenvalue weighted by atomic mass is 32.2. The van der Waals surface area contributed by atoms with Crippen molar-refractivity contribution in [3.05, 3.63) is 0 Å². The number of carbonyl (C=O) groups is 1. The van der Waals surface area contributed by atoms with Crippen LogP contribution < -0.4 is 5.32 Å². The summed E-state index contributed by atoms with van der Waals surface area (Å²) in [6, 6.07) is 0.616. The largest absolute Gasteiger partial charge is 0.444 e. The van der Waals surface area contributed by atoms with Gasteiger partial charge in [-0.1, -0.05) is 13.8 Å². The summed E-state index contributed by atoms with van der Waals surface area (Å²) in [5, 5.41) is 3.81. The molecule has 0 aromatic carbocycles. The molecule has 4 nitrogen and oxygen atoms in total. The number of piperidine rings is 1. The molecule has 1 amide bonds. The molecule has 0 aromatic heterocycles. The summed E-state index contributed by atoms with van der Waals surface area (Å²) in [7, 11) is 0. The fourth-order valence-corrected chi connectivity index (χ4v) is 4.87. The van der Waals surface area contributed by atoms with Crippen molar-refractivity contribution in [2.24, 2.45) is 11.3 Å². The smallest absolute Gasteiger partial charge is 0.410 e. The van der Waals surface area contributed by atoms with Gasteiger partial charge in [0.05, 0.1) is 0 Å². The van der Waals surface area contributed by atoms with Gasteiger partial charge in [0.15, 0.2) is 0 Å². The third-order valence-electron chi connectivity index (χ3n) is 5.04. The molecule has 5 heteroatoms. The first-order chi connectivity index (χ1) is 10.7. The van der Waals surface area contributed by atoms with Crippen LogP contribution >= 0.6 is 11.8 Å². The minimum absolute atomic E-state index is 0.159. The standard InChI is InChI=1S/C18H34N2O2S/c1-17(2,3)22-16(21)20-9-6-14(7-10-20)12-19-15-13-23-11-8-18(15,4)5/h14-15,19H,6-13H2,1-5H3. The Balaban J connectivity index is 1.71. The van der Waals surface area contributed by atoms with Gasteiger partial charge in [-0.3, -0.25) is 0 Å². The SMILES string of the molecule is CC(C)(C)OC(=O)N1CCC(CNC2CSCCC2(C)C)CC1. The summed E-state index contributed by atoms with van der Waals surface area (Å²) in [5.74, 6) is 3.19. The van der Waals surface area contributed by atoms with Crippen LogP contribution in [0.2, 0.25) is 0 Å². The molecule has 0 spiro atoms. The Morgan fingerprint density at radius 2 is 1.96 bits per heavy atom. The second kappa shape index (κ2) is 7.64. The van der Waals surface area contributed by atoms with Crippen LogP contribution in [0.3, 0.4) is 0 Å². The van der Waals surface area contributed by atoms with Crippen LogP contribution in [0.1, 0.15) is 53.9 Å². The monoisotopic (exact) mass is 342 g/mol. The predicted octanol–water partition coefficient (Wildman–Crippen LogP) is 3.75. The van der Waals surface area contributed by atoms with Gasteiger partial charge in [0.2, 0.25) is 0 Å². The van der Waals surface area contributed by atoms with Gasteiger partial charge in [0.25, 0.3) is 0 Å². The van der Waals surface area contributed by atoms with Gasteiger partial charge < -0.3 is 15.0 Å². The number of ether oxygens (including phenoxy) is 1. The Morgan fingerprint density at radius 1 is 1.30 bits per heavy atom. The Hall–Kier alpha value is -0.420. The lowest BCUT2D eigenvalue weighted by molar-refractivity contribution is 0.0182. The summed E-state index contributed by atoms with van der Waals surface area (Å²) in [6.07, 6.45) is 3.29. The van der Waals surface area contributed by atoms with Gasteiger partial charge in [0.1, 0.15) is 5.60 Å². The highest BCUT2D eigenvalue weighted by Crippen LogP contribution is 2.34. The zero-order chi connectivity index (χ0) is 17.1. The second-order valence-electron chi connectivity index (χ2n) is 8.69. The number of thioether (sulfide) groups is 1. The molecular weight excluding hydrogens is 308 g/mol. The van der Waals surface area contributed by atoms with E-state index in [2.05, 4.69) is 30.9 Å². The molecule has 2 rings (SSSR count). The molecule has 0 saturated carbocycles. The van der Waals surface area contributed by atoms with Gasteiger partial charge >= 0.3 is 6.09 Å². The Bertz CT molecular complexity index is 398. The van der Waals surface area contributed by atoms with Crippen LogP contribution in [0.25, 0.3) is 0 Å². The van der Waals surface area contributed by atoms with Gasteiger partial charge in [-0.15, -0.1) is 0 Å². The van der Waals surface area contributed by atoms with Crippen molar-refractivity contribution in [2.45, 2.75) is 65.5 Å². The minimum Gasteiger partial charge on any atom is -0.444 e. The molecule has 2 saturated heterocycles.